The van der Waals surface area contributed by atoms with Crippen molar-refractivity contribution in [2.24, 2.45) is 5.41 Å². The Morgan fingerprint density at radius 1 is 0.341 bits per heavy atom. The molecule has 1 heterocycles. The summed E-state index contributed by atoms with van der Waals surface area (Å²) in [5.41, 5.74) is 0.456. The van der Waals surface area contributed by atoms with Crippen LogP contribution in [0.5, 0.6) is 0 Å². The Hall–Kier alpha value is -5.76. The number of allylic oxidation sites excluding steroid dienone is 2. The minimum atomic E-state index is -1.39. The van der Waals surface area contributed by atoms with Crippen LogP contribution in [0.15, 0.2) is 72.8 Å². The van der Waals surface area contributed by atoms with Crippen LogP contribution < -0.4 is 5.32 Å². The van der Waals surface area contributed by atoms with Gasteiger partial charge in [-0.25, -0.2) is 4.79 Å². The number of benzene rings is 2. The Morgan fingerprint density at radius 2 is 0.612 bits per heavy atom. The highest BCUT2D eigenvalue weighted by Crippen LogP contribution is 2.34. The number of carboxylic acids is 1. The molecule has 0 aromatic heterocycles. The number of likely N-dealkylation sites (tertiary alicyclic amines) is 1. The number of aliphatic carboxylic acids is 1. The van der Waals surface area contributed by atoms with E-state index < -0.39 is 35.2 Å². The fourth-order valence-electron chi connectivity index (χ4n) is 12.3. The second-order valence-electron chi connectivity index (χ2n) is 29.8. The molecule has 35 nitrogen and oxygen atoms in total. The smallest absolute Gasteiger partial charge is 0.329 e. The van der Waals surface area contributed by atoms with Crippen LogP contribution in [0.2, 0.25) is 0 Å². The number of hydrogen-bond acceptors (Lipinski definition) is 32. The normalized spacial score (nSPS) is 13.0. The van der Waals surface area contributed by atoms with Gasteiger partial charge in [0.1, 0.15) is 18.6 Å². The molecule has 3 amide bonds. The highest BCUT2D eigenvalue weighted by molar-refractivity contribution is 6.05. The molecule has 35 heteroatoms. The molecule has 0 radical (unpaired) electrons. The molecule has 1 fully saturated rings. The molecule has 1 aliphatic rings. The molecular weight excluding hydrogens is 1690 g/mol. The number of esters is 2. The van der Waals surface area contributed by atoms with E-state index in [9.17, 15) is 33.9 Å². The summed E-state index contributed by atoms with van der Waals surface area (Å²) in [5, 5.41) is 12.4. The average Bonchev–Trinajstić information content (AvgIpc) is 0.836. The molecule has 1 saturated heterocycles. The predicted molar refractivity (Wildman–Crippen MR) is 478 cm³/mol. The summed E-state index contributed by atoms with van der Waals surface area (Å²) in [6, 6.07) is 17.9. The van der Waals surface area contributed by atoms with Crippen molar-refractivity contribution in [2.45, 2.75) is 155 Å². The highest BCUT2D eigenvalue weighted by atomic mass is 16.6. The first-order valence-corrected chi connectivity index (χ1v) is 46.9. The van der Waals surface area contributed by atoms with Gasteiger partial charge in [-0.1, -0.05) is 157 Å². The molecule has 129 heavy (non-hydrogen) atoms. The van der Waals surface area contributed by atoms with Crippen LogP contribution >= 0.6 is 0 Å². The topological polar surface area (TPSA) is 378 Å². The first kappa shape index (κ1) is 117. The minimum absolute atomic E-state index is 0.0168. The molecule has 744 valence electrons. The van der Waals surface area contributed by atoms with Gasteiger partial charge in [0.15, 0.2) is 6.04 Å². The molecule has 1 aliphatic heterocycles. The summed E-state index contributed by atoms with van der Waals surface area (Å²) in [5.74, 6) is -3.31. The Labute approximate surface area is 767 Å². The lowest BCUT2D eigenvalue weighted by Crippen LogP contribution is -2.48. The van der Waals surface area contributed by atoms with Gasteiger partial charge in [0.2, 0.25) is 17.7 Å². The number of nitrogens with one attached hydrogen (secondary N) is 1. The van der Waals surface area contributed by atoms with Gasteiger partial charge in [0.05, 0.1) is 317 Å². The first-order chi connectivity index (χ1) is 63.7. The van der Waals surface area contributed by atoms with E-state index in [-0.39, 0.29) is 70.7 Å². The number of imide groups is 1. The van der Waals surface area contributed by atoms with Crippen LogP contribution in [-0.4, -0.2) is 375 Å². The summed E-state index contributed by atoms with van der Waals surface area (Å²) >= 11 is 0. The number of ether oxygens (including phenoxy) is 26. The number of hydrogen-bond donors (Lipinski definition) is 2. The van der Waals surface area contributed by atoms with E-state index in [0.29, 0.717) is 310 Å². The summed E-state index contributed by atoms with van der Waals surface area (Å²) < 4.78 is 145. The van der Waals surface area contributed by atoms with Crippen LogP contribution in [0.4, 0.5) is 0 Å². The van der Waals surface area contributed by atoms with E-state index in [0.717, 1.165) is 80.2 Å². The SMILES string of the molecule is CCCCCCCCCCCC(CC=CCCCCCCCC(=O)OCc1ccccc1)(C(=O)NCCOCCOCCOCCOCCOCCOCCOCCOCCOCCOCCOCCOCCOCCOCCOCCOCCOCCOCCOCCOCCOCCOCCOCCOC[C@H](C(=O)O)N1C(=O)CCC1=O)C(=O)OCc1ccccc1. The molecular formula is C94H160N2O33. The lowest BCUT2D eigenvalue weighted by molar-refractivity contribution is -0.163. The van der Waals surface area contributed by atoms with Crippen molar-refractivity contribution in [1.29, 1.82) is 0 Å². The number of carbonyl (C=O) groups is 6. The van der Waals surface area contributed by atoms with Crippen LogP contribution in [-0.2, 0) is 165 Å². The van der Waals surface area contributed by atoms with Crippen molar-refractivity contribution in [3.05, 3.63) is 83.9 Å². The lowest BCUT2D eigenvalue weighted by atomic mass is 9.78. The number of rotatable bonds is 102. The summed E-state index contributed by atoms with van der Waals surface area (Å²) in [4.78, 5) is 76.7. The third-order valence-electron chi connectivity index (χ3n) is 19.4. The summed E-state index contributed by atoms with van der Waals surface area (Å²) in [6.45, 7) is 22.4. The van der Waals surface area contributed by atoms with Crippen LogP contribution in [0, 0.1) is 5.41 Å². The second-order valence-corrected chi connectivity index (χ2v) is 29.8. The molecule has 0 aliphatic carbocycles. The van der Waals surface area contributed by atoms with E-state index in [1.54, 1.807) is 0 Å². The molecule has 2 aromatic carbocycles. The molecule has 3 rings (SSSR count). The van der Waals surface area contributed by atoms with Gasteiger partial charge in [-0.3, -0.25) is 28.9 Å². The third kappa shape index (κ3) is 72.4. The van der Waals surface area contributed by atoms with Crippen LogP contribution in [0.3, 0.4) is 0 Å². The monoisotopic (exact) mass is 1850 g/mol. The van der Waals surface area contributed by atoms with Crippen molar-refractivity contribution in [2.75, 3.05) is 324 Å². The Balaban J connectivity index is 0.970. The van der Waals surface area contributed by atoms with E-state index >= 15 is 0 Å². The van der Waals surface area contributed by atoms with E-state index in [2.05, 4.69) is 18.3 Å². The predicted octanol–water partition coefficient (Wildman–Crippen LogP) is 9.17. The van der Waals surface area contributed by atoms with Gasteiger partial charge < -0.3 is 134 Å². The summed E-state index contributed by atoms with van der Waals surface area (Å²) in [6.07, 6.45) is 20.8. The average molecular weight is 1850 g/mol. The standard InChI is InChI=1S/C94H160N2O33/c1-2-3-4-5-6-8-11-14-23-32-94(93(103)129-83-86-27-20-17-21-28-86,33-24-15-12-9-7-10-13-22-29-90(99)128-82-85-25-18-16-19-26-85)92(102)95-34-35-104-36-37-105-38-39-106-40-41-107-42-43-108-44-45-109-46-47-110-48-49-111-50-51-112-52-53-113-54-55-114-56-57-115-58-59-116-60-61-117-62-63-118-64-65-119-66-67-120-68-69-121-70-71-122-72-73-123-74-75-124-76-77-125-78-79-126-80-81-127-84-87(91(100)101)96-88(97)30-31-89(96)98/h15-21,24-28,87H,2-14,22-23,29-84H2,1H3,(H,95,102)(H,100,101)/t87-,94?/m1/s1. The zero-order chi connectivity index (χ0) is 92.1. The maximum atomic E-state index is 14.4. The second kappa shape index (κ2) is 91.4. The van der Waals surface area contributed by atoms with Gasteiger partial charge in [0, 0.05) is 25.8 Å². The van der Waals surface area contributed by atoms with E-state index in [1.807, 2.05) is 66.7 Å². The fraction of sp³-hybridized carbons (Fsp3) is 0.787. The van der Waals surface area contributed by atoms with Crippen molar-refractivity contribution in [3.63, 3.8) is 0 Å². The number of carboxylic acid groups (broad SMARTS) is 1. The van der Waals surface area contributed by atoms with Crippen LogP contribution in [0.1, 0.15) is 146 Å². The molecule has 2 atom stereocenters. The molecule has 1 unspecified atom stereocenters. The van der Waals surface area contributed by atoms with Gasteiger partial charge >= 0.3 is 17.9 Å². The van der Waals surface area contributed by atoms with Gasteiger partial charge in [-0.15, -0.1) is 0 Å². The van der Waals surface area contributed by atoms with Crippen molar-refractivity contribution < 1.29 is 157 Å². The van der Waals surface area contributed by atoms with Crippen molar-refractivity contribution in [3.8, 4) is 0 Å². The van der Waals surface area contributed by atoms with Gasteiger partial charge in [0.25, 0.3) is 0 Å². The molecule has 2 N–H and O–H groups in total. The first-order valence-electron chi connectivity index (χ1n) is 46.9. The Kier molecular flexibility index (Phi) is 83.2. The zero-order valence-electron chi connectivity index (χ0n) is 77.7. The maximum Gasteiger partial charge on any atom is 0.329 e. The number of carbonyl (C=O) groups excluding carboxylic acids is 5. The summed E-state index contributed by atoms with van der Waals surface area (Å²) in [7, 11) is 0. The van der Waals surface area contributed by atoms with Crippen molar-refractivity contribution in [1.82, 2.24) is 10.2 Å². The quantitative estimate of drug-likeness (QED) is 0.0205. The number of amides is 3. The van der Waals surface area contributed by atoms with Crippen LogP contribution in [0.25, 0.3) is 0 Å². The highest BCUT2D eigenvalue weighted by Gasteiger charge is 2.46. The number of unbranched alkanes of at least 4 members (excludes halogenated alkanes) is 13. The minimum Gasteiger partial charge on any atom is -0.480 e. The number of nitrogens with zero attached hydrogens (tertiary/aromatic N) is 1. The maximum absolute atomic E-state index is 14.4. The lowest BCUT2D eigenvalue weighted by Gasteiger charge is -2.30. The van der Waals surface area contributed by atoms with E-state index in [1.165, 1.54) is 32.1 Å². The third-order valence-corrected chi connectivity index (χ3v) is 19.4. The molecule has 0 spiro atoms. The van der Waals surface area contributed by atoms with Crippen molar-refractivity contribution >= 4 is 35.6 Å². The molecule has 0 saturated carbocycles. The zero-order valence-corrected chi connectivity index (χ0v) is 77.7. The fourth-order valence-corrected chi connectivity index (χ4v) is 12.3. The van der Waals surface area contributed by atoms with Gasteiger partial charge in [-0.05, 0) is 43.2 Å². The van der Waals surface area contributed by atoms with E-state index in [4.69, 9.17) is 123 Å². The Bertz CT molecular complexity index is 2870. The molecule has 0 bridgehead atoms. The molecule has 2 aromatic rings. The Morgan fingerprint density at radius 3 is 0.922 bits per heavy atom. The van der Waals surface area contributed by atoms with Gasteiger partial charge in [-0.2, -0.15) is 0 Å². The largest absolute Gasteiger partial charge is 0.480 e.